The Morgan fingerprint density at radius 2 is 1.95 bits per heavy atom. The number of pyridine rings is 1. The van der Waals surface area contributed by atoms with Crippen molar-refractivity contribution in [1.82, 2.24) is 4.98 Å². The molecular weight excluding hydrogens is 288 g/mol. The van der Waals surface area contributed by atoms with E-state index in [0.717, 1.165) is 25.7 Å². The summed E-state index contributed by atoms with van der Waals surface area (Å²) in [5.41, 5.74) is 0.572. The molecule has 1 aromatic rings. The average Bonchev–Trinajstić information content (AvgIpc) is 2.46. The van der Waals surface area contributed by atoms with E-state index in [1.54, 1.807) is 19.1 Å². The number of rotatable bonds is 9. The Labute approximate surface area is 131 Å². The molecule has 0 amide bonds. The van der Waals surface area contributed by atoms with Gasteiger partial charge in [-0.1, -0.05) is 26.7 Å². The summed E-state index contributed by atoms with van der Waals surface area (Å²) in [6, 6.07) is 3.35. The summed E-state index contributed by atoms with van der Waals surface area (Å²) in [5, 5.41) is 11.1. The SMILES string of the molecule is CCCC(CS)(CCC)COc1ccc(C)nc1[N+](=O)[O-]. The Hall–Kier alpha value is -1.30. The number of nitrogens with zero attached hydrogens (tertiary/aromatic N) is 2. The molecule has 0 saturated heterocycles. The van der Waals surface area contributed by atoms with Crippen LogP contribution in [0.15, 0.2) is 12.1 Å². The molecule has 6 heteroatoms. The first-order valence-electron chi connectivity index (χ1n) is 7.33. The van der Waals surface area contributed by atoms with Crippen molar-refractivity contribution in [2.75, 3.05) is 12.4 Å². The molecule has 0 radical (unpaired) electrons. The molecule has 0 aromatic carbocycles. The summed E-state index contributed by atoms with van der Waals surface area (Å²) >= 11 is 4.47. The van der Waals surface area contributed by atoms with E-state index in [2.05, 4.69) is 31.5 Å². The summed E-state index contributed by atoms with van der Waals surface area (Å²) in [7, 11) is 0. The first-order valence-corrected chi connectivity index (χ1v) is 7.97. The minimum absolute atomic E-state index is 0.0363. The van der Waals surface area contributed by atoms with Crippen LogP contribution in [-0.2, 0) is 0 Å². The normalized spacial score (nSPS) is 11.4. The van der Waals surface area contributed by atoms with Gasteiger partial charge in [0, 0.05) is 12.3 Å². The zero-order chi connectivity index (χ0) is 15.9. The van der Waals surface area contributed by atoms with Crippen molar-refractivity contribution in [3.63, 3.8) is 0 Å². The van der Waals surface area contributed by atoms with Gasteiger partial charge in [-0.3, -0.25) is 0 Å². The van der Waals surface area contributed by atoms with Crippen LogP contribution in [0.2, 0.25) is 0 Å². The van der Waals surface area contributed by atoms with Gasteiger partial charge in [0.15, 0.2) is 0 Å². The third-order valence-electron chi connectivity index (χ3n) is 3.58. The maximum atomic E-state index is 11.1. The molecule has 1 rings (SSSR count). The maximum Gasteiger partial charge on any atom is 0.406 e. The van der Waals surface area contributed by atoms with Crippen LogP contribution in [0.4, 0.5) is 5.82 Å². The average molecular weight is 312 g/mol. The van der Waals surface area contributed by atoms with Crippen LogP contribution >= 0.6 is 12.6 Å². The van der Waals surface area contributed by atoms with Crippen LogP contribution in [0, 0.1) is 22.5 Å². The summed E-state index contributed by atoms with van der Waals surface area (Å²) in [6.45, 7) is 6.42. The lowest BCUT2D eigenvalue weighted by Crippen LogP contribution is -2.30. The molecule has 1 heterocycles. The van der Waals surface area contributed by atoms with Gasteiger partial charge in [-0.05, 0) is 40.6 Å². The highest BCUT2D eigenvalue weighted by Gasteiger charge is 2.29. The second-order valence-corrected chi connectivity index (χ2v) is 5.79. The van der Waals surface area contributed by atoms with Crippen molar-refractivity contribution >= 4 is 18.4 Å². The molecular formula is C15H24N2O3S. The molecule has 21 heavy (non-hydrogen) atoms. The standard InChI is InChI=1S/C15H24N2O3S/c1-4-8-15(11-21,9-5-2)10-20-13-7-6-12(3)16-14(13)17(18)19/h6-7,21H,4-5,8-11H2,1-3H3. The van der Waals surface area contributed by atoms with Crippen LogP contribution in [-0.4, -0.2) is 22.3 Å². The monoisotopic (exact) mass is 312 g/mol. The molecule has 0 N–H and O–H groups in total. The Morgan fingerprint density at radius 3 is 2.43 bits per heavy atom. The molecule has 0 bridgehead atoms. The third kappa shape index (κ3) is 4.88. The van der Waals surface area contributed by atoms with Gasteiger partial charge < -0.3 is 14.9 Å². The first kappa shape index (κ1) is 17.8. The van der Waals surface area contributed by atoms with Crippen LogP contribution in [0.3, 0.4) is 0 Å². The van der Waals surface area contributed by atoms with Crippen molar-refractivity contribution in [3.8, 4) is 5.75 Å². The zero-order valence-electron chi connectivity index (χ0n) is 13.0. The van der Waals surface area contributed by atoms with Crippen molar-refractivity contribution in [2.24, 2.45) is 5.41 Å². The maximum absolute atomic E-state index is 11.1. The molecule has 0 atom stereocenters. The van der Waals surface area contributed by atoms with Crippen molar-refractivity contribution in [1.29, 1.82) is 0 Å². The van der Waals surface area contributed by atoms with E-state index >= 15 is 0 Å². The number of aromatic nitrogens is 1. The van der Waals surface area contributed by atoms with E-state index in [4.69, 9.17) is 4.74 Å². The fraction of sp³-hybridized carbons (Fsp3) is 0.667. The Bertz CT molecular complexity index is 474. The Balaban J connectivity index is 2.92. The lowest BCUT2D eigenvalue weighted by Gasteiger charge is -2.31. The van der Waals surface area contributed by atoms with Gasteiger partial charge in [0.05, 0.1) is 6.61 Å². The van der Waals surface area contributed by atoms with E-state index in [9.17, 15) is 10.1 Å². The number of thiol groups is 1. The highest BCUT2D eigenvalue weighted by atomic mass is 32.1. The van der Waals surface area contributed by atoms with E-state index in [-0.39, 0.29) is 17.0 Å². The second-order valence-electron chi connectivity index (χ2n) is 5.48. The van der Waals surface area contributed by atoms with E-state index < -0.39 is 4.92 Å². The van der Waals surface area contributed by atoms with Gasteiger partial charge in [0.2, 0.25) is 5.75 Å². The van der Waals surface area contributed by atoms with Gasteiger partial charge in [-0.15, -0.1) is 0 Å². The molecule has 0 aliphatic rings. The van der Waals surface area contributed by atoms with Gasteiger partial charge in [0.25, 0.3) is 0 Å². The lowest BCUT2D eigenvalue weighted by molar-refractivity contribution is -0.390. The van der Waals surface area contributed by atoms with E-state index in [0.29, 0.717) is 18.1 Å². The number of hydrogen-bond acceptors (Lipinski definition) is 5. The van der Waals surface area contributed by atoms with Crippen molar-refractivity contribution in [3.05, 3.63) is 27.9 Å². The Morgan fingerprint density at radius 1 is 1.33 bits per heavy atom. The molecule has 5 nitrogen and oxygen atoms in total. The predicted molar refractivity (Wildman–Crippen MR) is 87.2 cm³/mol. The summed E-state index contributed by atoms with van der Waals surface area (Å²) in [6.07, 6.45) is 4.07. The van der Waals surface area contributed by atoms with Gasteiger partial charge in [-0.2, -0.15) is 12.6 Å². The highest BCUT2D eigenvalue weighted by molar-refractivity contribution is 7.80. The largest absolute Gasteiger partial charge is 0.485 e. The van der Waals surface area contributed by atoms with Crippen molar-refractivity contribution in [2.45, 2.75) is 46.5 Å². The minimum Gasteiger partial charge on any atom is -0.485 e. The lowest BCUT2D eigenvalue weighted by atomic mass is 9.82. The van der Waals surface area contributed by atoms with E-state index in [1.807, 2.05) is 0 Å². The fourth-order valence-corrected chi connectivity index (χ4v) is 2.95. The first-order chi connectivity index (χ1) is 9.98. The number of ether oxygens (including phenoxy) is 1. The Kier molecular flexibility index (Phi) is 6.95. The fourth-order valence-electron chi connectivity index (χ4n) is 2.54. The number of hydrogen-bond donors (Lipinski definition) is 1. The molecule has 0 saturated carbocycles. The number of nitro groups is 1. The quantitative estimate of drug-likeness (QED) is 0.422. The topological polar surface area (TPSA) is 65.3 Å². The molecule has 0 aliphatic heterocycles. The smallest absolute Gasteiger partial charge is 0.406 e. The van der Waals surface area contributed by atoms with Gasteiger partial charge >= 0.3 is 5.82 Å². The summed E-state index contributed by atoms with van der Waals surface area (Å²) in [4.78, 5) is 14.5. The van der Waals surface area contributed by atoms with Crippen LogP contribution < -0.4 is 4.74 Å². The molecule has 0 spiro atoms. The second kappa shape index (κ2) is 8.22. The van der Waals surface area contributed by atoms with Gasteiger partial charge in [-0.25, -0.2) is 0 Å². The summed E-state index contributed by atoms with van der Waals surface area (Å²) < 4.78 is 5.76. The van der Waals surface area contributed by atoms with Crippen LogP contribution in [0.5, 0.6) is 5.75 Å². The van der Waals surface area contributed by atoms with Gasteiger partial charge in [0.1, 0.15) is 5.69 Å². The molecule has 0 unspecified atom stereocenters. The predicted octanol–water partition coefficient (Wildman–Crippen LogP) is 4.19. The number of aryl methyl sites for hydroxylation is 1. The molecule has 118 valence electrons. The minimum atomic E-state index is -0.496. The molecule has 1 aromatic heterocycles. The van der Waals surface area contributed by atoms with Crippen molar-refractivity contribution < 1.29 is 9.66 Å². The summed E-state index contributed by atoms with van der Waals surface area (Å²) in [5.74, 6) is 0.738. The van der Waals surface area contributed by atoms with Crippen LogP contribution in [0.1, 0.15) is 45.2 Å². The third-order valence-corrected chi connectivity index (χ3v) is 4.25. The molecule has 0 aliphatic carbocycles. The van der Waals surface area contributed by atoms with E-state index in [1.165, 1.54) is 0 Å². The van der Waals surface area contributed by atoms with Crippen LogP contribution in [0.25, 0.3) is 0 Å². The zero-order valence-corrected chi connectivity index (χ0v) is 13.9. The highest BCUT2D eigenvalue weighted by Crippen LogP contribution is 2.34. The molecule has 0 fully saturated rings.